The Hall–Kier alpha value is 0. The SMILES string of the molecule is CCCC(C)C(CC)CCC1(C(C)CCC)CC1C. The van der Waals surface area contributed by atoms with Crippen molar-refractivity contribution in [1.82, 2.24) is 0 Å². The predicted molar refractivity (Wildman–Crippen MR) is 87.4 cm³/mol. The lowest BCUT2D eigenvalue weighted by Gasteiger charge is -2.29. The summed E-state index contributed by atoms with van der Waals surface area (Å²) >= 11 is 0. The van der Waals surface area contributed by atoms with E-state index in [1.165, 1.54) is 51.4 Å². The molecular formula is C19H38. The zero-order chi connectivity index (χ0) is 14.5. The van der Waals surface area contributed by atoms with Crippen LogP contribution in [0.1, 0.15) is 92.9 Å². The third kappa shape index (κ3) is 4.23. The topological polar surface area (TPSA) is 0 Å². The van der Waals surface area contributed by atoms with Crippen LogP contribution in [-0.2, 0) is 0 Å². The highest BCUT2D eigenvalue weighted by atomic mass is 14.6. The largest absolute Gasteiger partial charge is 0.0654 e. The fraction of sp³-hybridized carbons (Fsp3) is 1.00. The van der Waals surface area contributed by atoms with Crippen molar-refractivity contribution in [3.05, 3.63) is 0 Å². The van der Waals surface area contributed by atoms with Gasteiger partial charge in [0.05, 0.1) is 0 Å². The van der Waals surface area contributed by atoms with Crippen molar-refractivity contribution < 1.29 is 0 Å². The highest BCUT2D eigenvalue weighted by Crippen LogP contribution is 2.62. The minimum absolute atomic E-state index is 0.732. The second-order valence-corrected chi connectivity index (χ2v) is 7.50. The molecule has 0 bridgehead atoms. The Balaban J connectivity index is 2.48. The average Bonchev–Trinajstić information content (AvgIpc) is 3.03. The molecule has 1 aliphatic rings. The fourth-order valence-electron chi connectivity index (χ4n) is 4.55. The van der Waals surface area contributed by atoms with Gasteiger partial charge in [-0.3, -0.25) is 0 Å². The first-order valence-electron chi connectivity index (χ1n) is 9.01. The van der Waals surface area contributed by atoms with Crippen LogP contribution in [0.4, 0.5) is 0 Å². The number of rotatable bonds is 10. The van der Waals surface area contributed by atoms with E-state index in [2.05, 4.69) is 41.5 Å². The van der Waals surface area contributed by atoms with Crippen LogP contribution in [0.25, 0.3) is 0 Å². The summed E-state index contributed by atoms with van der Waals surface area (Å²) in [4.78, 5) is 0. The van der Waals surface area contributed by atoms with Gasteiger partial charge in [-0.25, -0.2) is 0 Å². The summed E-state index contributed by atoms with van der Waals surface area (Å²) in [5.74, 6) is 3.85. The van der Waals surface area contributed by atoms with E-state index in [1.807, 2.05) is 0 Å². The van der Waals surface area contributed by atoms with Gasteiger partial charge in [-0.15, -0.1) is 0 Å². The normalized spacial score (nSPS) is 30.9. The summed E-state index contributed by atoms with van der Waals surface area (Å²) in [6, 6.07) is 0. The zero-order valence-corrected chi connectivity index (χ0v) is 14.5. The standard InChI is InChI=1S/C19H38/c1-7-10-15(4)18(9-3)12-13-19(14-17(19)6)16(5)11-8-2/h15-18H,7-14H2,1-6H3. The molecule has 0 radical (unpaired) electrons. The molecule has 0 aromatic rings. The van der Waals surface area contributed by atoms with Gasteiger partial charge in [0.1, 0.15) is 0 Å². The van der Waals surface area contributed by atoms with Crippen LogP contribution < -0.4 is 0 Å². The van der Waals surface area contributed by atoms with Gasteiger partial charge in [0, 0.05) is 0 Å². The van der Waals surface area contributed by atoms with E-state index < -0.39 is 0 Å². The van der Waals surface area contributed by atoms with Gasteiger partial charge in [0.25, 0.3) is 0 Å². The maximum absolute atomic E-state index is 2.52. The molecule has 0 nitrogen and oxygen atoms in total. The van der Waals surface area contributed by atoms with Crippen LogP contribution in [0.2, 0.25) is 0 Å². The van der Waals surface area contributed by atoms with Gasteiger partial charge >= 0.3 is 0 Å². The van der Waals surface area contributed by atoms with Crippen LogP contribution in [0.5, 0.6) is 0 Å². The Labute approximate surface area is 122 Å². The smallest absolute Gasteiger partial charge is 0.0243 e. The fourth-order valence-corrected chi connectivity index (χ4v) is 4.55. The predicted octanol–water partition coefficient (Wildman–Crippen LogP) is 6.69. The molecule has 0 aromatic heterocycles. The van der Waals surface area contributed by atoms with E-state index >= 15 is 0 Å². The molecule has 5 atom stereocenters. The molecular weight excluding hydrogens is 228 g/mol. The summed E-state index contributed by atoms with van der Waals surface area (Å²) in [7, 11) is 0. The van der Waals surface area contributed by atoms with Crippen LogP contribution >= 0.6 is 0 Å². The maximum Gasteiger partial charge on any atom is -0.0243 e. The van der Waals surface area contributed by atoms with Crippen LogP contribution in [0.15, 0.2) is 0 Å². The van der Waals surface area contributed by atoms with Crippen molar-refractivity contribution in [2.45, 2.75) is 92.9 Å². The number of hydrogen-bond donors (Lipinski definition) is 0. The lowest BCUT2D eigenvalue weighted by atomic mass is 9.76. The monoisotopic (exact) mass is 266 g/mol. The van der Waals surface area contributed by atoms with Gasteiger partial charge in [-0.2, -0.15) is 0 Å². The lowest BCUT2D eigenvalue weighted by Crippen LogP contribution is -2.19. The molecule has 1 fully saturated rings. The lowest BCUT2D eigenvalue weighted by molar-refractivity contribution is 0.216. The Kier molecular flexibility index (Phi) is 6.91. The Bertz CT molecular complexity index is 244. The molecule has 0 aromatic carbocycles. The molecule has 0 heterocycles. The third-order valence-electron chi connectivity index (χ3n) is 6.26. The molecule has 19 heavy (non-hydrogen) atoms. The molecule has 1 rings (SSSR count). The van der Waals surface area contributed by atoms with Crippen molar-refractivity contribution in [1.29, 1.82) is 0 Å². The Morgan fingerprint density at radius 1 is 1.00 bits per heavy atom. The van der Waals surface area contributed by atoms with Crippen molar-refractivity contribution in [3.8, 4) is 0 Å². The minimum atomic E-state index is 0.732. The Morgan fingerprint density at radius 2 is 1.58 bits per heavy atom. The summed E-state index contributed by atoms with van der Waals surface area (Å²) in [5, 5.41) is 0. The summed E-state index contributed by atoms with van der Waals surface area (Å²) in [5.41, 5.74) is 0.732. The molecule has 0 amide bonds. The first kappa shape index (κ1) is 17.1. The number of hydrogen-bond acceptors (Lipinski definition) is 0. The summed E-state index contributed by atoms with van der Waals surface area (Å²) in [6.45, 7) is 14.6. The molecule has 0 N–H and O–H groups in total. The van der Waals surface area contributed by atoms with Crippen molar-refractivity contribution >= 4 is 0 Å². The van der Waals surface area contributed by atoms with E-state index in [-0.39, 0.29) is 0 Å². The maximum atomic E-state index is 2.52. The van der Waals surface area contributed by atoms with Gasteiger partial charge in [-0.05, 0) is 48.3 Å². The molecule has 1 saturated carbocycles. The second kappa shape index (κ2) is 7.70. The van der Waals surface area contributed by atoms with E-state index in [0.717, 1.165) is 29.1 Å². The van der Waals surface area contributed by atoms with E-state index in [4.69, 9.17) is 0 Å². The van der Waals surface area contributed by atoms with E-state index in [1.54, 1.807) is 0 Å². The molecule has 1 aliphatic carbocycles. The minimum Gasteiger partial charge on any atom is -0.0654 e. The van der Waals surface area contributed by atoms with Gasteiger partial charge in [0.2, 0.25) is 0 Å². The third-order valence-corrected chi connectivity index (χ3v) is 6.26. The molecule has 5 unspecified atom stereocenters. The van der Waals surface area contributed by atoms with Crippen LogP contribution in [0.3, 0.4) is 0 Å². The first-order chi connectivity index (χ1) is 9.01. The average molecular weight is 267 g/mol. The van der Waals surface area contributed by atoms with Crippen LogP contribution in [0, 0.1) is 29.1 Å². The van der Waals surface area contributed by atoms with Gasteiger partial charge in [-0.1, -0.05) is 73.6 Å². The molecule has 0 aliphatic heterocycles. The molecule has 0 spiro atoms. The van der Waals surface area contributed by atoms with Gasteiger partial charge in [0.15, 0.2) is 0 Å². The first-order valence-corrected chi connectivity index (χ1v) is 9.01. The summed E-state index contributed by atoms with van der Waals surface area (Å²) < 4.78 is 0. The molecule has 0 saturated heterocycles. The van der Waals surface area contributed by atoms with E-state index in [9.17, 15) is 0 Å². The molecule has 0 heteroatoms. The van der Waals surface area contributed by atoms with Crippen molar-refractivity contribution in [2.24, 2.45) is 29.1 Å². The zero-order valence-electron chi connectivity index (χ0n) is 14.5. The summed E-state index contributed by atoms with van der Waals surface area (Å²) in [6.07, 6.45) is 11.4. The molecule has 114 valence electrons. The quantitative estimate of drug-likeness (QED) is 0.413. The van der Waals surface area contributed by atoms with Crippen molar-refractivity contribution in [2.75, 3.05) is 0 Å². The highest BCUT2D eigenvalue weighted by molar-refractivity contribution is 5.02. The second-order valence-electron chi connectivity index (χ2n) is 7.50. The van der Waals surface area contributed by atoms with E-state index in [0.29, 0.717) is 0 Å². The highest BCUT2D eigenvalue weighted by Gasteiger charge is 2.53. The van der Waals surface area contributed by atoms with Crippen LogP contribution in [-0.4, -0.2) is 0 Å². The van der Waals surface area contributed by atoms with Crippen molar-refractivity contribution in [3.63, 3.8) is 0 Å². The van der Waals surface area contributed by atoms with Gasteiger partial charge < -0.3 is 0 Å². The Morgan fingerprint density at radius 3 is 2.00 bits per heavy atom.